The quantitative estimate of drug-likeness (QED) is 0.502. The van der Waals surface area contributed by atoms with Crippen LogP contribution in [0.5, 0.6) is 0 Å². The first-order chi connectivity index (χ1) is 10.3. The number of aliphatic hydroxyl groups excluding tert-OH is 1. The van der Waals surface area contributed by atoms with Crippen LogP contribution in [0.2, 0.25) is 0 Å². The first-order valence-corrected chi connectivity index (χ1v) is 9.14. The van der Waals surface area contributed by atoms with E-state index in [2.05, 4.69) is 58.1 Å². The van der Waals surface area contributed by atoms with Gasteiger partial charge in [0.2, 0.25) is 0 Å². The second kappa shape index (κ2) is 9.57. The third kappa shape index (κ3) is 5.21. The number of aliphatic hydroxyl groups is 1. The molecule has 0 amide bonds. The van der Waals surface area contributed by atoms with E-state index in [-0.39, 0.29) is 37.0 Å². The Hall–Kier alpha value is -0.0769. The van der Waals surface area contributed by atoms with Gasteiger partial charge in [-0.1, -0.05) is 0 Å². The third-order valence-corrected chi connectivity index (χ3v) is 5.59. The molecule has 0 aromatic heterocycles. The monoisotopic (exact) mass is 444 g/mol. The Morgan fingerprint density at radius 1 is 1.21 bits per heavy atom. The summed E-state index contributed by atoms with van der Waals surface area (Å²) in [5, 5.41) is 15.5. The molecule has 0 atom stereocenters. The minimum Gasteiger partial charge on any atom is -1.00 e. The topological polar surface area (TPSA) is 32.3 Å². The van der Waals surface area contributed by atoms with Gasteiger partial charge in [0.05, 0.1) is 0 Å². The summed E-state index contributed by atoms with van der Waals surface area (Å²) in [6.07, 6.45) is 1.77. The first kappa shape index (κ1) is 23.9. The zero-order valence-electron chi connectivity index (χ0n) is 15.1. The van der Waals surface area contributed by atoms with Crippen LogP contribution in [0, 0.1) is 0 Å². The first-order valence-electron chi connectivity index (χ1n) is 7.91. The van der Waals surface area contributed by atoms with E-state index in [9.17, 15) is 0 Å². The fourth-order valence-corrected chi connectivity index (χ4v) is 3.73. The Kier molecular flexibility index (Phi) is 9.54. The van der Waals surface area contributed by atoms with Gasteiger partial charge < -0.3 is 24.8 Å². The van der Waals surface area contributed by atoms with Gasteiger partial charge in [-0.05, 0) is 0 Å². The van der Waals surface area contributed by atoms with E-state index < -0.39 is 0 Å². The number of halogens is 2. The second-order valence-corrected chi connectivity index (χ2v) is 8.31. The molecule has 2 rings (SSSR count). The maximum Gasteiger partial charge on any atom is -1.00 e. The molecular weight excluding hydrogens is 420 g/mol. The molecule has 0 fully saturated rings. The van der Waals surface area contributed by atoms with Gasteiger partial charge in [-0.15, -0.1) is 0 Å². The van der Waals surface area contributed by atoms with Crippen molar-refractivity contribution in [1.29, 1.82) is 0 Å². The molecule has 0 radical (unpaired) electrons. The molecule has 0 saturated heterocycles. The predicted octanol–water partition coefficient (Wildman–Crippen LogP) is -3.57. The van der Waals surface area contributed by atoms with Crippen molar-refractivity contribution in [3.05, 3.63) is 39.8 Å². The van der Waals surface area contributed by atoms with Crippen molar-refractivity contribution in [2.45, 2.75) is 53.0 Å². The van der Waals surface area contributed by atoms with Crippen LogP contribution < -0.4 is 40.6 Å². The molecule has 0 unspecified atom stereocenters. The summed E-state index contributed by atoms with van der Waals surface area (Å²) in [7, 11) is 0. The summed E-state index contributed by atoms with van der Waals surface area (Å²) in [6, 6.07) is 6.62. The summed E-state index contributed by atoms with van der Waals surface area (Å²) in [6.45, 7) is 11.3. The average Bonchev–Trinajstić information content (AvgIpc) is 2.68. The van der Waals surface area contributed by atoms with Crippen molar-refractivity contribution in [3.8, 4) is 0 Å². The van der Waals surface area contributed by atoms with Crippen molar-refractivity contribution in [2.24, 2.45) is 0 Å². The number of hydrogen-bond donors (Lipinski definition) is 2. The summed E-state index contributed by atoms with van der Waals surface area (Å²) >= 11 is 1.46. The van der Waals surface area contributed by atoms with Crippen molar-refractivity contribution >= 4 is 14.6 Å². The minimum absolute atomic E-state index is 0. The standard InChI is InChI=1S/C19H26NO.2ClH.Zr/c1-13(8-7-11-21)16-10-6-9-15-12-14(2)18(17(15)16)20-19(3,4)5;;;/h6,9-10,20-21H,7-8,11H2,1-5H3;2*1H;/q;;;+2/p-2. The van der Waals surface area contributed by atoms with Crippen LogP contribution in [0.4, 0.5) is 0 Å². The Morgan fingerprint density at radius 2 is 1.83 bits per heavy atom. The van der Waals surface area contributed by atoms with Crippen LogP contribution in [0.25, 0.3) is 14.6 Å². The van der Waals surface area contributed by atoms with Gasteiger partial charge in [0.1, 0.15) is 0 Å². The molecule has 1 aromatic carbocycles. The molecule has 2 nitrogen and oxygen atoms in total. The molecule has 131 valence electrons. The number of nitrogens with one attached hydrogen (secondary N) is 1. The molecule has 0 heterocycles. The van der Waals surface area contributed by atoms with Crippen LogP contribution in [-0.4, -0.2) is 17.3 Å². The fourth-order valence-electron chi connectivity index (χ4n) is 2.91. The molecular formula is C19H26Cl2NOZr. The number of benzene rings is 1. The molecule has 5 heteroatoms. The average molecular weight is 447 g/mol. The summed E-state index contributed by atoms with van der Waals surface area (Å²) in [5.74, 6) is 0. The summed E-state index contributed by atoms with van der Waals surface area (Å²) in [4.78, 5) is 0. The van der Waals surface area contributed by atoms with Gasteiger partial charge in [0.15, 0.2) is 0 Å². The zero-order valence-corrected chi connectivity index (χ0v) is 19.0. The van der Waals surface area contributed by atoms with Gasteiger partial charge in [0.25, 0.3) is 0 Å². The van der Waals surface area contributed by atoms with Gasteiger partial charge in [-0.2, -0.15) is 0 Å². The van der Waals surface area contributed by atoms with Gasteiger partial charge >= 0.3 is 149 Å². The predicted molar refractivity (Wildman–Crippen MR) is 90.0 cm³/mol. The SMILES string of the molecule is CC1=[C]([Zr+2])c2cccc(=C(C)CCCO)c2=C1NC(C)(C)C.[Cl-].[Cl-]. The van der Waals surface area contributed by atoms with E-state index in [0.717, 1.165) is 12.8 Å². The molecule has 0 aliphatic heterocycles. The molecule has 24 heavy (non-hydrogen) atoms. The van der Waals surface area contributed by atoms with Crippen LogP contribution in [0.1, 0.15) is 53.0 Å². The smallest absolute Gasteiger partial charge is 1.00 e. The van der Waals surface area contributed by atoms with Crippen molar-refractivity contribution in [3.63, 3.8) is 0 Å². The summed E-state index contributed by atoms with van der Waals surface area (Å²) < 4.78 is 1.45. The third-order valence-electron chi connectivity index (χ3n) is 4.00. The van der Waals surface area contributed by atoms with Crippen molar-refractivity contribution in [2.75, 3.05) is 6.61 Å². The summed E-state index contributed by atoms with van der Waals surface area (Å²) in [5.41, 5.74) is 5.44. The number of fused-ring (bicyclic) bond motifs is 1. The number of rotatable bonds is 4. The van der Waals surface area contributed by atoms with Crippen LogP contribution in [0.15, 0.2) is 23.8 Å². The van der Waals surface area contributed by atoms with Gasteiger partial charge in [0, 0.05) is 0 Å². The molecule has 0 saturated carbocycles. The van der Waals surface area contributed by atoms with Gasteiger partial charge in [-0.3, -0.25) is 0 Å². The van der Waals surface area contributed by atoms with Crippen LogP contribution in [-0.2, 0) is 24.7 Å². The Morgan fingerprint density at radius 3 is 2.38 bits per heavy atom. The van der Waals surface area contributed by atoms with Crippen LogP contribution >= 0.6 is 0 Å². The van der Waals surface area contributed by atoms with E-state index >= 15 is 0 Å². The molecule has 1 aromatic rings. The second-order valence-electron chi connectivity index (χ2n) is 7.09. The van der Waals surface area contributed by atoms with E-state index in [1.165, 1.54) is 60.8 Å². The maximum absolute atomic E-state index is 9.11. The zero-order chi connectivity index (χ0) is 16.5. The maximum atomic E-state index is 9.11. The van der Waals surface area contributed by atoms with Crippen molar-refractivity contribution in [1.82, 2.24) is 5.32 Å². The van der Waals surface area contributed by atoms with E-state index in [1.807, 2.05) is 0 Å². The largest absolute Gasteiger partial charge is 1.00 e. The normalized spacial score (nSPS) is 14.8. The number of hydrogen-bond acceptors (Lipinski definition) is 2. The van der Waals surface area contributed by atoms with E-state index in [1.54, 1.807) is 0 Å². The van der Waals surface area contributed by atoms with Gasteiger partial charge in [-0.25, -0.2) is 0 Å². The fraction of sp³-hybridized carbons (Fsp3) is 0.474. The molecule has 1 aliphatic rings. The molecule has 2 N–H and O–H groups in total. The Balaban J connectivity index is 0.00000264. The Labute approximate surface area is 173 Å². The minimum atomic E-state index is 0. The van der Waals surface area contributed by atoms with E-state index in [4.69, 9.17) is 5.11 Å². The molecule has 0 bridgehead atoms. The molecule has 0 spiro atoms. The van der Waals surface area contributed by atoms with E-state index in [0.29, 0.717) is 0 Å². The molecule has 1 aliphatic carbocycles. The van der Waals surface area contributed by atoms with Crippen molar-refractivity contribution < 1.29 is 54.6 Å². The van der Waals surface area contributed by atoms with Crippen LogP contribution in [0.3, 0.4) is 0 Å². The Bertz CT molecular complexity index is 733.